The summed E-state index contributed by atoms with van der Waals surface area (Å²) in [5.74, 6) is 3.40. The van der Waals surface area contributed by atoms with Crippen molar-refractivity contribution in [2.75, 3.05) is 20.1 Å². The smallest absolute Gasteiger partial charge is 0.126 e. The average molecular weight is 453 g/mol. The largest absolute Gasteiger partial charge is 0.487 e. The lowest BCUT2D eigenvalue weighted by Gasteiger charge is -2.32. The maximum absolute atomic E-state index is 10.7. The maximum atomic E-state index is 10.7. The minimum atomic E-state index is -0.555. The van der Waals surface area contributed by atoms with Crippen molar-refractivity contribution in [3.05, 3.63) is 40.5 Å². The van der Waals surface area contributed by atoms with Crippen LogP contribution in [0.15, 0.2) is 23.8 Å². The number of fused-ring (bicyclic) bond motifs is 2. The first-order valence-electron chi connectivity index (χ1n) is 10.8. The van der Waals surface area contributed by atoms with Gasteiger partial charge in [0.2, 0.25) is 0 Å². The minimum Gasteiger partial charge on any atom is -0.487 e. The third-order valence-electron chi connectivity index (χ3n) is 6.10. The lowest BCUT2D eigenvalue weighted by atomic mass is 9.94. The van der Waals surface area contributed by atoms with Gasteiger partial charge in [-0.3, -0.25) is 0 Å². The number of ether oxygens (including phenoxy) is 1. The molecule has 0 aromatic heterocycles. The van der Waals surface area contributed by atoms with E-state index in [0.717, 1.165) is 30.1 Å². The highest BCUT2D eigenvalue weighted by Crippen LogP contribution is 2.41. The zero-order valence-corrected chi connectivity index (χ0v) is 20.4. The molecule has 0 radical (unpaired) electrons. The van der Waals surface area contributed by atoms with Gasteiger partial charge in [-0.2, -0.15) is 5.06 Å². The van der Waals surface area contributed by atoms with Gasteiger partial charge in [0.25, 0.3) is 0 Å². The number of likely N-dealkylation sites (N-methyl/N-ethyl adjacent to an activating group) is 1. The van der Waals surface area contributed by atoms with E-state index in [-0.39, 0.29) is 6.10 Å². The second-order valence-electron chi connectivity index (χ2n) is 9.20. The van der Waals surface area contributed by atoms with E-state index in [1.165, 1.54) is 27.3 Å². The van der Waals surface area contributed by atoms with E-state index in [1.807, 2.05) is 35.4 Å². The number of nitrogens with one attached hydrogen (secondary N) is 1. The number of hydroxylamine groups is 2. The number of rotatable bonds is 8. The molecule has 0 saturated carbocycles. The Morgan fingerprint density at radius 1 is 1.27 bits per heavy atom. The van der Waals surface area contributed by atoms with E-state index in [4.69, 9.17) is 4.74 Å². The Bertz CT molecular complexity index is 765. The van der Waals surface area contributed by atoms with Crippen molar-refractivity contribution >= 4 is 21.6 Å². The Labute approximate surface area is 189 Å². The first kappa shape index (κ1) is 24.0. The molecule has 0 saturated heterocycles. The fourth-order valence-electron chi connectivity index (χ4n) is 3.76. The Kier molecular flexibility index (Phi) is 8.21. The SMILES string of the molecule is CC(C)/C(=C\C(C)(C)N(C)O)CNCC(O)C1CCc2cc3c(cc2O1)CSSC3. The van der Waals surface area contributed by atoms with Gasteiger partial charge in [0, 0.05) is 31.6 Å². The summed E-state index contributed by atoms with van der Waals surface area (Å²) in [6.45, 7) is 9.42. The van der Waals surface area contributed by atoms with E-state index < -0.39 is 11.6 Å². The van der Waals surface area contributed by atoms with Gasteiger partial charge >= 0.3 is 0 Å². The lowest BCUT2D eigenvalue weighted by molar-refractivity contribution is -0.121. The van der Waals surface area contributed by atoms with Crippen molar-refractivity contribution in [3.8, 4) is 5.75 Å². The summed E-state index contributed by atoms with van der Waals surface area (Å²) < 4.78 is 6.22. The number of benzene rings is 1. The molecule has 2 unspecified atom stereocenters. The quantitative estimate of drug-likeness (QED) is 0.307. The molecule has 5 nitrogen and oxygen atoms in total. The number of aliphatic hydroxyl groups excluding tert-OH is 1. The normalized spacial score (nSPS) is 20.7. The van der Waals surface area contributed by atoms with Crippen LogP contribution < -0.4 is 10.1 Å². The summed E-state index contributed by atoms with van der Waals surface area (Å²) in [4.78, 5) is 0. The molecule has 2 heterocycles. The predicted octanol–water partition coefficient (Wildman–Crippen LogP) is 4.41. The highest BCUT2D eigenvalue weighted by atomic mass is 33.1. The molecular formula is C23H36N2O3S2. The van der Waals surface area contributed by atoms with Crippen LogP contribution in [0.1, 0.15) is 50.8 Å². The van der Waals surface area contributed by atoms with Crippen LogP contribution in [-0.4, -0.2) is 53.3 Å². The Morgan fingerprint density at radius 2 is 1.93 bits per heavy atom. The van der Waals surface area contributed by atoms with Gasteiger partial charge in [0.1, 0.15) is 18.0 Å². The molecule has 168 valence electrons. The Hall–Kier alpha value is -0.700. The van der Waals surface area contributed by atoms with E-state index in [1.54, 1.807) is 7.05 Å². The van der Waals surface area contributed by atoms with Gasteiger partial charge in [-0.05, 0) is 55.4 Å². The minimum absolute atomic E-state index is 0.180. The molecule has 7 heteroatoms. The molecule has 0 spiro atoms. The van der Waals surface area contributed by atoms with E-state index in [0.29, 0.717) is 19.0 Å². The zero-order chi connectivity index (χ0) is 21.9. The molecule has 2 aliphatic rings. The fourth-order valence-corrected chi connectivity index (χ4v) is 5.98. The van der Waals surface area contributed by atoms with E-state index >= 15 is 0 Å². The van der Waals surface area contributed by atoms with Crippen LogP contribution in [0.4, 0.5) is 0 Å². The number of aryl methyl sites for hydroxylation is 1. The summed E-state index contributed by atoms with van der Waals surface area (Å²) in [6.07, 6.45) is 3.16. The van der Waals surface area contributed by atoms with Crippen LogP contribution in [0.5, 0.6) is 5.75 Å². The van der Waals surface area contributed by atoms with Crippen LogP contribution in [-0.2, 0) is 17.9 Å². The van der Waals surface area contributed by atoms with Crippen LogP contribution in [0.3, 0.4) is 0 Å². The molecule has 0 amide bonds. The summed E-state index contributed by atoms with van der Waals surface area (Å²) >= 11 is 0. The molecule has 2 atom stereocenters. The molecule has 1 aromatic rings. The number of hydrogen-bond donors (Lipinski definition) is 3. The van der Waals surface area contributed by atoms with Gasteiger partial charge in [-0.25, -0.2) is 0 Å². The number of nitrogens with zero attached hydrogens (tertiary/aromatic N) is 1. The molecule has 3 rings (SSSR count). The fraction of sp³-hybridized carbons (Fsp3) is 0.652. The summed E-state index contributed by atoms with van der Waals surface area (Å²) in [6, 6.07) is 4.49. The molecule has 1 aromatic carbocycles. The molecule has 3 N–H and O–H groups in total. The summed E-state index contributed by atoms with van der Waals surface area (Å²) in [7, 11) is 5.48. The summed E-state index contributed by atoms with van der Waals surface area (Å²) in [5, 5.41) is 25.2. The highest BCUT2D eigenvalue weighted by molar-refractivity contribution is 8.76. The Balaban J connectivity index is 1.56. The van der Waals surface area contributed by atoms with Crippen molar-refractivity contribution in [2.24, 2.45) is 5.92 Å². The molecular weight excluding hydrogens is 416 g/mol. The summed E-state index contributed by atoms with van der Waals surface area (Å²) in [5.41, 5.74) is 4.86. The van der Waals surface area contributed by atoms with Crippen LogP contribution in [0, 0.1) is 5.92 Å². The van der Waals surface area contributed by atoms with Gasteiger partial charge in [-0.15, -0.1) is 0 Å². The predicted molar refractivity (Wildman–Crippen MR) is 127 cm³/mol. The number of hydrogen-bond acceptors (Lipinski definition) is 7. The van der Waals surface area contributed by atoms with Crippen molar-refractivity contribution in [1.82, 2.24) is 10.4 Å². The van der Waals surface area contributed by atoms with Crippen LogP contribution in [0.25, 0.3) is 0 Å². The van der Waals surface area contributed by atoms with Crippen molar-refractivity contribution in [3.63, 3.8) is 0 Å². The Morgan fingerprint density at radius 3 is 2.57 bits per heavy atom. The third-order valence-corrected chi connectivity index (χ3v) is 8.33. The van der Waals surface area contributed by atoms with Crippen LogP contribution >= 0.6 is 21.6 Å². The highest BCUT2D eigenvalue weighted by Gasteiger charge is 2.28. The molecule has 0 bridgehead atoms. The van der Waals surface area contributed by atoms with E-state index in [2.05, 4.69) is 37.4 Å². The first-order chi connectivity index (χ1) is 14.2. The van der Waals surface area contributed by atoms with Crippen LogP contribution in [0.2, 0.25) is 0 Å². The maximum Gasteiger partial charge on any atom is 0.126 e. The standard InChI is InChI=1S/C23H36N2O3S2/c1-15(2)19(10-23(3,4)25(5)27)11-24-12-20(26)21-7-6-16-8-17-13-29-30-14-18(17)9-22(16)28-21/h8-10,15,20-21,24,26-27H,6-7,11-14H2,1-5H3/b19-10-. The second kappa shape index (κ2) is 10.3. The molecule has 0 fully saturated rings. The lowest BCUT2D eigenvalue weighted by Crippen LogP contribution is -2.42. The topological polar surface area (TPSA) is 65.0 Å². The van der Waals surface area contributed by atoms with Gasteiger partial charge < -0.3 is 20.4 Å². The third kappa shape index (κ3) is 5.96. The van der Waals surface area contributed by atoms with Crippen molar-refractivity contribution in [1.29, 1.82) is 0 Å². The first-order valence-corrected chi connectivity index (χ1v) is 13.2. The average Bonchev–Trinajstić information content (AvgIpc) is 2.70. The van der Waals surface area contributed by atoms with Crippen molar-refractivity contribution in [2.45, 2.75) is 69.8 Å². The van der Waals surface area contributed by atoms with Gasteiger partial charge in [-0.1, -0.05) is 53.2 Å². The van der Waals surface area contributed by atoms with Gasteiger partial charge in [0.05, 0.1) is 5.54 Å². The molecule has 30 heavy (non-hydrogen) atoms. The van der Waals surface area contributed by atoms with E-state index in [9.17, 15) is 10.3 Å². The monoisotopic (exact) mass is 452 g/mol. The second-order valence-corrected chi connectivity index (χ2v) is 11.7. The molecule has 2 aliphatic heterocycles. The van der Waals surface area contributed by atoms with Gasteiger partial charge in [0.15, 0.2) is 0 Å². The molecule has 0 aliphatic carbocycles. The zero-order valence-electron chi connectivity index (χ0n) is 18.8. The number of aliphatic hydroxyl groups is 1. The van der Waals surface area contributed by atoms with Crippen molar-refractivity contribution < 1.29 is 15.1 Å².